The molecular formula is C13H11F2N3O. The molecule has 0 amide bonds. The smallest absolute Gasteiger partial charge is 0.254 e. The highest BCUT2D eigenvalue weighted by atomic mass is 19.2. The molecule has 0 saturated carbocycles. The van der Waals surface area contributed by atoms with Gasteiger partial charge in [-0.25, -0.2) is 13.8 Å². The molecule has 3 rings (SSSR count). The van der Waals surface area contributed by atoms with Crippen LogP contribution in [0.1, 0.15) is 11.3 Å². The minimum Gasteiger partial charge on any atom is -0.311 e. The van der Waals surface area contributed by atoms with Crippen LogP contribution >= 0.6 is 0 Å². The van der Waals surface area contributed by atoms with Crippen molar-refractivity contribution in [2.75, 3.05) is 6.54 Å². The number of halogens is 2. The fourth-order valence-electron chi connectivity index (χ4n) is 2.15. The highest BCUT2D eigenvalue weighted by Crippen LogP contribution is 2.18. The fraction of sp³-hybridized carbons (Fsp3) is 0.231. The topological polar surface area (TPSA) is 57.8 Å². The monoisotopic (exact) mass is 263 g/mol. The van der Waals surface area contributed by atoms with Crippen LogP contribution < -0.4 is 10.9 Å². The number of hydrogen-bond acceptors (Lipinski definition) is 3. The summed E-state index contributed by atoms with van der Waals surface area (Å²) in [5.41, 5.74) is 1.45. The van der Waals surface area contributed by atoms with E-state index in [1.165, 1.54) is 6.07 Å². The van der Waals surface area contributed by atoms with Crippen LogP contribution in [0.3, 0.4) is 0 Å². The van der Waals surface area contributed by atoms with Crippen molar-refractivity contribution in [2.24, 2.45) is 0 Å². The van der Waals surface area contributed by atoms with E-state index < -0.39 is 11.6 Å². The van der Waals surface area contributed by atoms with Crippen LogP contribution in [0.2, 0.25) is 0 Å². The average molecular weight is 263 g/mol. The van der Waals surface area contributed by atoms with E-state index >= 15 is 0 Å². The first-order valence-corrected chi connectivity index (χ1v) is 5.93. The molecule has 0 radical (unpaired) electrons. The lowest BCUT2D eigenvalue weighted by atomic mass is 10.1. The first kappa shape index (κ1) is 12.0. The highest BCUT2D eigenvalue weighted by Gasteiger charge is 2.16. The van der Waals surface area contributed by atoms with Crippen LogP contribution in [-0.2, 0) is 13.0 Å². The lowest BCUT2D eigenvalue weighted by molar-refractivity contribution is 0.509. The molecule has 1 aromatic heterocycles. The van der Waals surface area contributed by atoms with E-state index in [2.05, 4.69) is 15.3 Å². The largest absolute Gasteiger partial charge is 0.311 e. The summed E-state index contributed by atoms with van der Waals surface area (Å²) >= 11 is 0. The lowest BCUT2D eigenvalue weighted by Crippen LogP contribution is -2.31. The number of hydrogen-bond donors (Lipinski definition) is 2. The van der Waals surface area contributed by atoms with Crippen LogP contribution in [0.5, 0.6) is 0 Å². The van der Waals surface area contributed by atoms with Crippen LogP contribution in [0, 0.1) is 11.6 Å². The van der Waals surface area contributed by atoms with Crippen LogP contribution in [0.25, 0.3) is 11.4 Å². The lowest BCUT2D eigenvalue weighted by Gasteiger charge is -2.15. The summed E-state index contributed by atoms with van der Waals surface area (Å²) < 4.78 is 26.1. The number of nitrogens with one attached hydrogen (secondary N) is 2. The maximum atomic E-state index is 13.2. The molecule has 2 aromatic rings. The number of H-pyrrole nitrogens is 1. The van der Waals surface area contributed by atoms with Gasteiger partial charge in [0, 0.05) is 17.7 Å². The predicted molar refractivity (Wildman–Crippen MR) is 65.6 cm³/mol. The maximum absolute atomic E-state index is 13.2. The van der Waals surface area contributed by atoms with Gasteiger partial charge in [-0.3, -0.25) is 4.79 Å². The summed E-state index contributed by atoms with van der Waals surface area (Å²) in [7, 11) is 0. The van der Waals surface area contributed by atoms with Gasteiger partial charge in [0.05, 0.1) is 5.69 Å². The van der Waals surface area contributed by atoms with Gasteiger partial charge in [-0.15, -0.1) is 0 Å². The van der Waals surface area contributed by atoms with Gasteiger partial charge in [-0.05, 0) is 31.2 Å². The summed E-state index contributed by atoms with van der Waals surface area (Å²) in [6.45, 7) is 1.25. The average Bonchev–Trinajstić information content (AvgIpc) is 2.42. The summed E-state index contributed by atoms with van der Waals surface area (Å²) in [6, 6.07) is 3.43. The zero-order valence-corrected chi connectivity index (χ0v) is 9.96. The van der Waals surface area contributed by atoms with Gasteiger partial charge < -0.3 is 10.3 Å². The van der Waals surface area contributed by atoms with Crippen molar-refractivity contribution >= 4 is 0 Å². The summed E-state index contributed by atoms with van der Waals surface area (Å²) in [5.74, 6) is -1.63. The SMILES string of the molecule is O=c1[nH]c(-c2ccc(F)c(F)c2)nc2c1CCNC2. The number of aromatic nitrogens is 2. The molecule has 98 valence electrons. The minimum atomic E-state index is -0.962. The summed E-state index contributed by atoms with van der Waals surface area (Å²) in [4.78, 5) is 18.8. The molecule has 0 saturated heterocycles. The third kappa shape index (κ3) is 2.15. The van der Waals surface area contributed by atoms with E-state index in [0.717, 1.165) is 18.7 Å². The van der Waals surface area contributed by atoms with Gasteiger partial charge >= 0.3 is 0 Å². The van der Waals surface area contributed by atoms with Gasteiger partial charge in [0.1, 0.15) is 5.82 Å². The molecule has 19 heavy (non-hydrogen) atoms. The first-order chi connectivity index (χ1) is 9.15. The third-order valence-corrected chi connectivity index (χ3v) is 3.14. The van der Waals surface area contributed by atoms with Crippen LogP contribution in [0.15, 0.2) is 23.0 Å². The van der Waals surface area contributed by atoms with E-state index in [1.807, 2.05) is 0 Å². The zero-order valence-electron chi connectivity index (χ0n) is 9.96. The van der Waals surface area contributed by atoms with Crippen molar-refractivity contribution in [3.63, 3.8) is 0 Å². The number of benzene rings is 1. The van der Waals surface area contributed by atoms with Crippen LogP contribution in [-0.4, -0.2) is 16.5 Å². The van der Waals surface area contributed by atoms with Gasteiger partial charge in [-0.2, -0.15) is 0 Å². The van der Waals surface area contributed by atoms with Crippen molar-refractivity contribution < 1.29 is 8.78 Å². The molecule has 4 nitrogen and oxygen atoms in total. The van der Waals surface area contributed by atoms with Gasteiger partial charge in [0.2, 0.25) is 0 Å². The normalized spacial score (nSPS) is 14.2. The molecule has 2 heterocycles. The Morgan fingerprint density at radius 2 is 2.05 bits per heavy atom. The van der Waals surface area contributed by atoms with E-state index in [1.54, 1.807) is 0 Å². The van der Waals surface area contributed by atoms with Crippen molar-refractivity contribution in [3.05, 3.63) is 51.4 Å². The second-order valence-corrected chi connectivity index (χ2v) is 4.40. The Hall–Kier alpha value is -2.08. The molecule has 6 heteroatoms. The number of rotatable bonds is 1. The Kier molecular flexibility index (Phi) is 2.87. The molecule has 0 unspecified atom stereocenters. The summed E-state index contributed by atoms with van der Waals surface area (Å²) in [5, 5.41) is 3.12. The van der Waals surface area contributed by atoms with Gasteiger partial charge in [0.25, 0.3) is 5.56 Å². The van der Waals surface area contributed by atoms with Crippen LogP contribution in [0.4, 0.5) is 8.78 Å². The zero-order chi connectivity index (χ0) is 13.4. The Bertz CT molecular complexity index is 697. The van der Waals surface area contributed by atoms with Crippen molar-refractivity contribution in [1.29, 1.82) is 0 Å². The van der Waals surface area contributed by atoms with Gasteiger partial charge in [0.15, 0.2) is 11.6 Å². The quantitative estimate of drug-likeness (QED) is 0.816. The molecule has 0 spiro atoms. The molecular weight excluding hydrogens is 252 g/mol. The first-order valence-electron chi connectivity index (χ1n) is 5.93. The minimum absolute atomic E-state index is 0.216. The van der Waals surface area contributed by atoms with E-state index in [4.69, 9.17) is 0 Å². The molecule has 0 aliphatic carbocycles. The van der Waals surface area contributed by atoms with Crippen molar-refractivity contribution in [1.82, 2.24) is 15.3 Å². The summed E-state index contributed by atoms with van der Waals surface area (Å²) in [6.07, 6.45) is 0.621. The second-order valence-electron chi connectivity index (χ2n) is 4.40. The Labute approximate surface area is 107 Å². The maximum Gasteiger partial charge on any atom is 0.254 e. The van der Waals surface area contributed by atoms with E-state index in [9.17, 15) is 13.6 Å². The van der Waals surface area contributed by atoms with E-state index in [0.29, 0.717) is 29.8 Å². The highest BCUT2D eigenvalue weighted by molar-refractivity contribution is 5.55. The fourth-order valence-corrected chi connectivity index (χ4v) is 2.15. The number of fused-ring (bicyclic) bond motifs is 1. The molecule has 0 fully saturated rings. The number of nitrogens with zero attached hydrogens (tertiary/aromatic N) is 1. The Morgan fingerprint density at radius 3 is 2.84 bits per heavy atom. The molecule has 1 aliphatic rings. The third-order valence-electron chi connectivity index (χ3n) is 3.14. The Morgan fingerprint density at radius 1 is 1.21 bits per heavy atom. The van der Waals surface area contributed by atoms with E-state index in [-0.39, 0.29) is 11.4 Å². The van der Waals surface area contributed by atoms with Crippen molar-refractivity contribution in [2.45, 2.75) is 13.0 Å². The molecule has 0 bridgehead atoms. The standard InChI is InChI=1S/C13H11F2N3O/c14-9-2-1-7(5-10(9)15)12-17-11-6-16-4-3-8(11)13(19)18-12/h1-2,5,16H,3-4,6H2,(H,17,18,19). The molecule has 2 N–H and O–H groups in total. The molecule has 1 aromatic carbocycles. The molecule has 0 atom stereocenters. The second kappa shape index (κ2) is 4.55. The van der Waals surface area contributed by atoms with Crippen molar-refractivity contribution in [3.8, 4) is 11.4 Å². The molecule has 1 aliphatic heterocycles. The van der Waals surface area contributed by atoms with Gasteiger partial charge in [-0.1, -0.05) is 0 Å². The number of aromatic amines is 1. The Balaban J connectivity index is 2.12. The predicted octanol–water partition coefficient (Wildman–Crippen LogP) is 1.36.